The molecule has 1 unspecified atom stereocenters. The summed E-state index contributed by atoms with van der Waals surface area (Å²) in [6.45, 7) is 0. The fourth-order valence-corrected chi connectivity index (χ4v) is 1.90. The molecule has 1 amide bonds. The second kappa shape index (κ2) is 7.00. The summed E-state index contributed by atoms with van der Waals surface area (Å²) in [4.78, 5) is 15.5. The Bertz CT molecular complexity index is 555. The first-order chi connectivity index (χ1) is 9.29. The minimum atomic E-state index is -0.159. The van der Waals surface area contributed by atoms with E-state index in [0.717, 1.165) is 11.3 Å². The Balaban J connectivity index is 2.16. The molecule has 2 nitrogen and oxygen atoms in total. The van der Waals surface area contributed by atoms with E-state index in [9.17, 15) is 4.79 Å². The van der Waals surface area contributed by atoms with Crippen molar-refractivity contribution in [1.29, 1.82) is 0 Å². The zero-order valence-electron chi connectivity index (χ0n) is 10.4. The number of halogens is 1. The fourth-order valence-electron chi connectivity index (χ4n) is 1.78. The van der Waals surface area contributed by atoms with Gasteiger partial charge < -0.3 is 0 Å². The van der Waals surface area contributed by atoms with Crippen LogP contribution in [-0.2, 0) is 4.79 Å². The number of hydrogen-bond acceptors (Lipinski definition) is 1. The number of alkyl halides is 1. The van der Waals surface area contributed by atoms with E-state index in [1.54, 1.807) is 0 Å². The number of allylic oxidation sites excluding steroid dienone is 5. The molecule has 0 saturated heterocycles. The van der Waals surface area contributed by atoms with Crippen molar-refractivity contribution in [3.63, 3.8) is 0 Å². The van der Waals surface area contributed by atoms with Gasteiger partial charge in [0.2, 0.25) is 0 Å². The first-order valence-electron chi connectivity index (χ1n) is 6.05. The standard InChI is InChI=1S/C16H14BrNO/c17-12-16(19)18-15-9-5-4-8-14(15)11-10-13-6-2-1-3-7-13/h1-11,14H,12H2. The molecular formula is C16H14BrNO. The highest BCUT2D eigenvalue weighted by Gasteiger charge is 2.11. The largest absolute Gasteiger partial charge is 0.272 e. The zero-order valence-corrected chi connectivity index (χ0v) is 12.0. The van der Waals surface area contributed by atoms with Crippen LogP contribution in [0, 0.1) is 5.92 Å². The predicted molar refractivity (Wildman–Crippen MR) is 83.5 cm³/mol. The van der Waals surface area contributed by atoms with Crippen molar-refractivity contribution in [3.8, 4) is 0 Å². The second-order valence-corrected chi connectivity index (χ2v) is 4.66. The van der Waals surface area contributed by atoms with E-state index >= 15 is 0 Å². The second-order valence-electron chi connectivity index (χ2n) is 4.10. The Morgan fingerprint density at radius 3 is 2.79 bits per heavy atom. The van der Waals surface area contributed by atoms with Gasteiger partial charge in [-0.1, -0.05) is 76.6 Å². The Morgan fingerprint density at radius 1 is 1.26 bits per heavy atom. The van der Waals surface area contributed by atoms with Gasteiger partial charge in [-0.3, -0.25) is 4.79 Å². The van der Waals surface area contributed by atoms with Crippen LogP contribution in [0.1, 0.15) is 5.56 Å². The molecule has 19 heavy (non-hydrogen) atoms. The molecular weight excluding hydrogens is 302 g/mol. The molecule has 0 radical (unpaired) electrons. The third-order valence-corrected chi connectivity index (χ3v) is 3.18. The van der Waals surface area contributed by atoms with Gasteiger partial charge in [-0.05, 0) is 11.6 Å². The van der Waals surface area contributed by atoms with Crippen LogP contribution in [0.2, 0.25) is 0 Å². The van der Waals surface area contributed by atoms with E-state index in [2.05, 4.69) is 27.0 Å². The van der Waals surface area contributed by atoms with Gasteiger partial charge in [0.05, 0.1) is 11.0 Å². The maximum absolute atomic E-state index is 11.4. The molecule has 3 heteroatoms. The average molecular weight is 316 g/mol. The third kappa shape index (κ3) is 4.14. The summed E-state index contributed by atoms with van der Waals surface area (Å²) in [7, 11) is 0. The van der Waals surface area contributed by atoms with Crippen LogP contribution in [0.25, 0.3) is 6.08 Å². The lowest BCUT2D eigenvalue weighted by molar-refractivity contribution is -0.115. The number of amides is 1. The van der Waals surface area contributed by atoms with Gasteiger partial charge in [0, 0.05) is 5.92 Å². The monoisotopic (exact) mass is 315 g/mol. The van der Waals surface area contributed by atoms with Gasteiger partial charge in [0.1, 0.15) is 0 Å². The molecule has 0 bridgehead atoms. The summed E-state index contributed by atoms with van der Waals surface area (Å²) in [5.41, 5.74) is 1.91. The highest BCUT2D eigenvalue weighted by Crippen LogP contribution is 2.14. The van der Waals surface area contributed by atoms with E-state index in [4.69, 9.17) is 0 Å². The van der Waals surface area contributed by atoms with Crippen molar-refractivity contribution >= 4 is 33.6 Å². The van der Waals surface area contributed by atoms with E-state index in [-0.39, 0.29) is 17.2 Å². The quantitative estimate of drug-likeness (QED) is 0.780. The number of nitrogens with zero attached hydrogens (tertiary/aromatic N) is 1. The molecule has 1 aromatic rings. The van der Waals surface area contributed by atoms with Gasteiger partial charge in [0.15, 0.2) is 0 Å². The summed E-state index contributed by atoms with van der Waals surface area (Å²) < 4.78 is 0. The minimum absolute atomic E-state index is 0.0493. The fraction of sp³-hybridized carbons (Fsp3) is 0.125. The van der Waals surface area contributed by atoms with E-state index in [0.29, 0.717) is 0 Å². The molecule has 1 aromatic carbocycles. The highest BCUT2D eigenvalue weighted by molar-refractivity contribution is 9.09. The summed E-state index contributed by atoms with van der Waals surface area (Å²) in [5, 5.41) is 0.253. The molecule has 0 N–H and O–H groups in total. The number of aliphatic imine (C=N–C) groups is 1. The van der Waals surface area contributed by atoms with E-state index in [1.165, 1.54) is 0 Å². The molecule has 96 valence electrons. The average Bonchev–Trinajstić information content (AvgIpc) is 2.47. The number of carbonyl (C=O) groups excluding carboxylic acids is 1. The number of hydrogen-bond donors (Lipinski definition) is 0. The molecule has 0 spiro atoms. The lowest BCUT2D eigenvalue weighted by Gasteiger charge is -2.11. The van der Waals surface area contributed by atoms with Crippen LogP contribution in [0.4, 0.5) is 0 Å². The number of carbonyl (C=O) groups is 1. The molecule has 1 aliphatic rings. The molecule has 0 heterocycles. The highest BCUT2D eigenvalue weighted by atomic mass is 79.9. The lowest BCUT2D eigenvalue weighted by Crippen LogP contribution is -2.12. The van der Waals surface area contributed by atoms with Crippen molar-refractivity contribution in [2.45, 2.75) is 0 Å². The molecule has 1 atom stereocenters. The Hall–Kier alpha value is -1.74. The van der Waals surface area contributed by atoms with Gasteiger partial charge in [-0.25, -0.2) is 4.99 Å². The lowest BCUT2D eigenvalue weighted by atomic mass is 9.97. The van der Waals surface area contributed by atoms with Crippen molar-refractivity contribution in [2.24, 2.45) is 10.9 Å². The third-order valence-electron chi connectivity index (χ3n) is 2.70. The van der Waals surface area contributed by atoms with Crippen LogP contribution in [0.15, 0.2) is 65.7 Å². The zero-order chi connectivity index (χ0) is 13.5. The molecule has 0 aliphatic heterocycles. The summed E-state index contributed by atoms with van der Waals surface area (Å²) in [6, 6.07) is 10.1. The van der Waals surface area contributed by atoms with Crippen molar-refractivity contribution in [1.82, 2.24) is 0 Å². The molecule has 0 fully saturated rings. The molecule has 2 rings (SSSR count). The van der Waals surface area contributed by atoms with Crippen molar-refractivity contribution < 1.29 is 4.79 Å². The summed E-state index contributed by atoms with van der Waals surface area (Å²) in [6.07, 6.45) is 11.9. The van der Waals surface area contributed by atoms with E-state index in [1.807, 2.05) is 60.7 Å². The molecule has 0 saturated carbocycles. The van der Waals surface area contributed by atoms with Gasteiger partial charge in [-0.2, -0.15) is 0 Å². The summed E-state index contributed by atoms with van der Waals surface area (Å²) >= 11 is 3.12. The number of benzene rings is 1. The van der Waals surface area contributed by atoms with Crippen LogP contribution in [0.5, 0.6) is 0 Å². The van der Waals surface area contributed by atoms with E-state index < -0.39 is 0 Å². The van der Waals surface area contributed by atoms with Crippen molar-refractivity contribution in [2.75, 3.05) is 5.33 Å². The van der Waals surface area contributed by atoms with Crippen molar-refractivity contribution in [3.05, 3.63) is 66.3 Å². The topological polar surface area (TPSA) is 29.4 Å². The maximum Gasteiger partial charge on any atom is 0.256 e. The summed E-state index contributed by atoms with van der Waals surface area (Å²) in [5.74, 6) is -0.110. The first-order valence-corrected chi connectivity index (χ1v) is 7.17. The smallest absolute Gasteiger partial charge is 0.256 e. The maximum atomic E-state index is 11.4. The Labute approximate surface area is 121 Å². The Morgan fingerprint density at radius 2 is 2.05 bits per heavy atom. The van der Waals surface area contributed by atoms with Crippen LogP contribution < -0.4 is 0 Å². The predicted octanol–water partition coefficient (Wildman–Crippen LogP) is 3.80. The number of rotatable bonds is 3. The molecule has 1 aliphatic carbocycles. The van der Waals surface area contributed by atoms with Crippen LogP contribution in [-0.4, -0.2) is 16.9 Å². The van der Waals surface area contributed by atoms with Gasteiger partial charge >= 0.3 is 0 Å². The SMILES string of the molecule is O=C(CBr)N=C1C=CC=CC1C=Cc1ccccc1. The minimum Gasteiger partial charge on any atom is -0.272 e. The van der Waals surface area contributed by atoms with Gasteiger partial charge in [0.25, 0.3) is 5.91 Å². The Kier molecular flexibility index (Phi) is 5.04. The normalized spacial score (nSPS) is 20.3. The van der Waals surface area contributed by atoms with Crippen LogP contribution in [0.3, 0.4) is 0 Å². The first kappa shape index (κ1) is 13.7. The van der Waals surface area contributed by atoms with Crippen LogP contribution >= 0.6 is 15.9 Å². The van der Waals surface area contributed by atoms with Gasteiger partial charge in [-0.15, -0.1) is 0 Å². The molecule has 0 aromatic heterocycles.